The van der Waals surface area contributed by atoms with Crippen molar-refractivity contribution < 1.29 is 0 Å². The highest BCUT2D eigenvalue weighted by atomic mass is 79.9. The quantitative estimate of drug-likeness (QED) is 0.450. The highest BCUT2D eigenvalue weighted by Crippen LogP contribution is 2.28. The van der Waals surface area contributed by atoms with E-state index in [4.69, 9.17) is 12.2 Å². The number of aromatic nitrogens is 1. The molecule has 0 aliphatic rings. The Kier molecular flexibility index (Phi) is 2.53. The summed E-state index contributed by atoms with van der Waals surface area (Å²) in [6.45, 7) is 2.09. The van der Waals surface area contributed by atoms with E-state index < -0.39 is 0 Å². The fourth-order valence-corrected chi connectivity index (χ4v) is 2.78. The number of aromatic amines is 1. The van der Waals surface area contributed by atoms with E-state index in [1.165, 1.54) is 5.56 Å². The summed E-state index contributed by atoms with van der Waals surface area (Å²) in [6.07, 6.45) is 0. The number of halogens is 1. The van der Waals surface area contributed by atoms with Crippen LogP contribution in [0.1, 0.15) is 5.56 Å². The molecule has 0 saturated carbocycles. The second kappa shape index (κ2) is 3.93. The number of rotatable bonds is 0. The van der Waals surface area contributed by atoms with Crippen LogP contribution in [0.4, 0.5) is 0 Å². The molecule has 0 unspecified atom stereocenters. The molecule has 0 fully saturated rings. The first-order valence-electron chi connectivity index (χ1n) is 5.38. The summed E-state index contributed by atoms with van der Waals surface area (Å²) < 4.78 is 2.02. The van der Waals surface area contributed by atoms with Gasteiger partial charge in [0.2, 0.25) is 0 Å². The standard InChI is InChI=1S/C14H10BrNS/c1-8-11(15)7-6-10-13(8)16-12-5-3-2-4-9(12)14(10)17/h2-7H,1H3,(H,16,17). The summed E-state index contributed by atoms with van der Waals surface area (Å²) in [5.74, 6) is 0. The van der Waals surface area contributed by atoms with E-state index in [1.807, 2.05) is 12.1 Å². The van der Waals surface area contributed by atoms with Gasteiger partial charge in [-0.2, -0.15) is 0 Å². The summed E-state index contributed by atoms with van der Waals surface area (Å²) >= 11 is 9.11. The van der Waals surface area contributed by atoms with Gasteiger partial charge in [0, 0.05) is 20.8 Å². The first-order valence-corrected chi connectivity index (χ1v) is 6.58. The number of H-pyrrole nitrogens is 1. The molecule has 0 radical (unpaired) electrons. The predicted octanol–water partition coefficient (Wildman–Crippen LogP) is 5.12. The second-order valence-corrected chi connectivity index (χ2v) is 5.36. The van der Waals surface area contributed by atoms with Gasteiger partial charge in [-0.15, -0.1) is 0 Å². The maximum absolute atomic E-state index is 5.56. The van der Waals surface area contributed by atoms with E-state index in [0.717, 1.165) is 30.8 Å². The van der Waals surface area contributed by atoms with Crippen molar-refractivity contribution in [3.8, 4) is 0 Å². The monoisotopic (exact) mass is 303 g/mol. The molecule has 0 bridgehead atoms. The lowest BCUT2D eigenvalue weighted by Crippen LogP contribution is -1.88. The number of fused-ring (bicyclic) bond motifs is 2. The Balaban J connectivity index is 2.64. The predicted molar refractivity (Wildman–Crippen MR) is 79.1 cm³/mol. The van der Waals surface area contributed by atoms with Crippen molar-refractivity contribution in [1.29, 1.82) is 0 Å². The normalized spacial score (nSPS) is 11.2. The molecule has 0 amide bonds. The fourth-order valence-electron chi connectivity index (χ4n) is 2.11. The van der Waals surface area contributed by atoms with Crippen molar-refractivity contribution in [2.45, 2.75) is 6.92 Å². The molecule has 1 heterocycles. The van der Waals surface area contributed by atoms with Crippen LogP contribution in [-0.2, 0) is 0 Å². The van der Waals surface area contributed by atoms with Crippen LogP contribution in [0.25, 0.3) is 21.8 Å². The molecule has 1 aromatic heterocycles. The van der Waals surface area contributed by atoms with Crippen LogP contribution in [0.2, 0.25) is 0 Å². The molecule has 2 aromatic carbocycles. The number of pyridine rings is 1. The maximum Gasteiger partial charge on any atom is 0.0563 e. The smallest absolute Gasteiger partial charge is 0.0563 e. The van der Waals surface area contributed by atoms with Crippen molar-refractivity contribution in [3.05, 3.63) is 50.9 Å². The van der Waals surface area contributed by atoms with Gasteiger partial charge in [-0.05, 0) is 24.6 Å². The molecular weight excluding hydrogens is 294 g/mol. The van der Waals surface area contributed by atoms with Gasteiger partial charge in [-0.3, -0.25) is 0 Å². The van der Waals surface area contributed by atoms with Crippen molar-refractivity contribution >= 4 is 50.0 Å². The number of hydrogen-bond donors (Lipinski definition) is 1. The topological polar surface area (TPSA) is 15.8 Å². The van der Waals surface area contributed by atoms with Crippen molar-refractivity contribution in [1.82, 2.24) is 4.98 Å². The average molecular weight is 304 g/mol. The number of hydrogen-bond acceptors (Lipinski definition) is 1. The Labute approximate surface area is 113 Å². The van der Waals surface area contributed by atoms with Crippen LogP contribution < -0.4 is 0 Å². The molecule has 3 aromatic rings. The van der Waals surface area contributed by atoms with E-state index in [2.05, 4.69) is 52.1 Å². The summed E-state index contributed by atoms with van der Waals surface area (Å²) in [6, 6.07) is 12.3. The maximum atomic E-state index is 5.56. The largest absolute Gasteiger partial charge is 0.354 e. The Bertz CT molecular complexity index is 789. The van der Waals surface area contributed by atoms with Gasteiger partial charge >= 0.3 is 0 Å². The van der Waals surface area contributed by atoms with Gasteiger partial charge in [0.05, 0.1) is 10.0 Å². The highest BCUT2D eigenvalue weighted by molar-refractivity contribution is 9.10. The van der Waals surface area contributed by atoms with E-state index in [9.17, 15) is 0 Å². The molecule has 1 nitrogen and oxygen atoms in total. The van der Waals surface area contributed by atoms with Gasteiger partial charge in [0.25, 0.3) is 0 Å². The second-order valence-electron chi connectivity index (χ2n) is 4.09. The fraction of sp³-hybridized carbons (Fsp3) is 0.0714. The number of nitrogens with one attached hydrogen (secondary N) is 1. The van der Waals surface area contributed by atoms with Crippen LogP contribution in [0.5, 0.6) is 0 Å². The summed E-state index contributed by atoms with van der Waals surface area (Å²) in [7, 11) is 0. The SMILES string of the molecule is Cc1c(Br)ccc2c(=S)c3ccccc3[nH]c12. The molecule has 0 saturated heterocycles. The molecule has 0 atom stereocenters. The van der Waals surface area contributed by atoms with Gasteiger partial charge in [-0.1, -0.05) is 52.4 Å². The third kappa shape index (κ3) is 1.61. The minimum atomic E-state index is 0.921. The third-order valence-electron chi connectivity index (χ3n) is 3.07. The molecular formula is C14H10BrNS. The van der Waals surface area contributed by atoms with Crippen LogP contribution >= 0.6 is 28.1 Å². The highest BCUT2D eigenvalue weighted by Gasteiger charge is 2.06. The lowest BCUT2D eigenvalue weighted by atomic mass is 10.1. The zero-order chi connectivity index (χ0) is 12.0. The summed E-state index contributed by atoms with van der Waals surface area (Å²) in [4.78, 5) is 3.46. The Hall–Kier alpha value is -1.19. The first kappa shape index (κ1) is 10.9. The van der Waals surface area contributed by atoms with Crippen LogP contribution in [0.15, 0.2) is 40.9 Å². The average Bonchev–Trinajstić information content (AvgIpc) is 2.35. The van der Waals surface area contributed by atoms with Gasteiger partial charge in [-0.25, -0.2) is 0 Å². The lowest BCUT2D eigenvalue weighted by molar-refractivity contribution is 1.40. The zero-order valence-corrected chi connectivity index (χ0v) is 11.7. The molecule has 0 aliphatic heterocycles. The van der Waals surface area contributed by atoms with Crippen LogP contribution in [0, 0.1) is 11.4 Å². The number of aryl methyl sites for hydroxylation is 1. The molecule has 3 heteroatoms. The molecule has 84 valence electrons. The molecule has 0 aliphatic carbocycles. The lowest BCUT2D eigenvalue weighted by Gasteiger charge is -2.07. The van der Waals surface area contributed by atoms with Gasteiger partial charge in [0.15, 0.2) is 0 Å². The van der Waals surface area contributed by atoms with E-state index in [1.54, 1.807) is 0 Å². The Morgan fingerprint density at radius 3 is 2.65 bits per heavy atom. The molecule has 1 N–H and O–H groups in total. The minimum absolute atomic E-state index is 0.921. The van der Waals surface area contributed by atoms with E-state index in [0.29, 0.717) is 0 Å². The summed E-state index contributed by atoms with van der Waals surface area (Å²) in [5.41, 5.74) is 3.40. The van der Waals surface area contributed by atoms with Gasteiger partial charge < -0.3 is 4.98 Å². The van der Waals surface area contributed by atoms with Crippen molar-refractivity contribution in [3.63, 3.8) is 0 Å². The van der Waals surface area contributed by atoms with E-state index >= 15 is 0 Å². The van der Waals surface area contributed by atoms with E-state index in [-0.39, 0.29) is 0 Å². The minimum Gasteiger partial charge on any atom is -0.354 e. The molecule has 0 spiro atoms. The number of benzene rings is 2. The zero-order valence-electron chi connectivity index (χ0n) is 9.25. The van der Waals surface area contributed by atoms with Crippen molar-refractivity contribution in [2.75, 3.05) is 0 Å². The van der Waals surface area contributed by atoms with Gasteiger partial charge in [0.1, 0.15) is 0 Å². The first-order chi connectivity index (χ1) is 8.18. The Morgan fingerprint density at radius 2 is 1.82 bits per heavy atom. The number of para-hydroxylation sites is 1. The third-order valence-corrected chi connectivity index (χ3v) is 4.37. The Morgan fingerprint density at radius 1 is 1.06 bits per heavy atom. The molecule has 3 rings (SSSR count). The molecule has 17 heavy (non-hydrogen) atoms. The summed E-state index contributed by atoms with van der Waals surface area (Å²) in [5, 5.41) is 2.22. The van der Waals surface area contributed by atoms with Crippen molar-refractivity contribution in [2.24, 2.45) is 0 Å². The van der Waals surface area contributed by atoms with Crippen LogP contribution in [-0.4, -0.2) is 4.98 Å². The van der Waals surface area contributed by atoms with Crippen LogP contribution in [0.3, 0.4) is 0 Å².